The Morgan fingerprint density at radius 1 is 1.43 bits per heavy atom. The molecule has 0 amide bonds. The molecule has 3 nitrogen and oxygen atoms in total. The van der Waals surface area contributed by atoms with E-state index in [0.717, 1.165) is 17.9 Å². The minimum Gasteiger partial charge on any atom is -0.464 e. The molecule has 14 heavy (non-hydrogen) atoms. The third kappa shape index (κ3) is 2.36. The van der Waals surface area contributed by atoms with Crippen molar-refractivity contribution in [2.24, 2.45) is 11.3 Å². The molecule has 0 saturated carbocycles. The highest BCUT2D eigenvalue weighted by atomic mass is 16.3. The summed E-state index contributed by atoms with van der Waals surface area (Å²) in [4.78, 5) is 0. The van der Waals surface area contributed by atoms with Crippen LogP contribution in [0, 0.1) is 5.41 Å². The van der Waals surface area contributed by atoms with Crippen molar-refractivity contribution in [3.63, 3.8) is 0 Å². The molecule has 1 aromatic rings. The highest BCUT2D eigenvalue weighted by molar-refractivity contribution is 5.12. The van der Waals surface area contributed by atoms with Crippen LogP contribution in [0.15, 0.2) is 16.5 Å². The average molecular weight is 196 g/mol. The molecule has 0 aromatic carbocycles. The Balaban J connectivity index is 2.90. The molecule has 1 aromatic heterocycles. The Morgan fingerprint density at radius 3 is 2.43 bits per heavy atom. The summed E-state index contributed by atoms with van der Waals surface area (Å²) in [5, 5.41) is 0. The quantitative estimate of drug-likeness (QED) is 0.576. The molecule has 80 valence electrons. The summed E-state index contributed by atoms with van der Waals surface area (Å²) in [6.45, 7) is 8.47. The number of rotatable bonds is 3. The van der Waals surface area contributed by atoms with E-state index in [1.165, 1.54) is 0 Å². The highest BCUT2D eigenvalue weighted by Gasteiger charge is 2.27. The van der Waals surface area contributed by atoms with Gasteiger partial charge in [0.2, 0.25) is 0 Å². The van der Waals surface area contributed by atoms with Crippen LogP contribution in [0.4, 0.5) is 0 Å². The van der Waals surface area contributed by atoms with Gasteiger partial charge in [-0.25, -0.2) is 5.43 Å². The average Bonchev–Trinajstić information content (AvgIpc) is 2.51. The van der Waals surface area contributed by atoms with E-state index in [2.05, 4.69) is 33.1 Å². The minimum absolute atomic E-state index is 0.0532. The second kappa shape index (κ2) is 4.15. The maximum atomic E-state index is 5.67. The van der Waals surface area contributed by atoms with Gasteiger partial charge in [0.05, 0.1) is 6.04 Å². The molecule has 3 N–H and O–H groups in total. The molecular formula is C11H20N2O. The molecule has 0 aliphatic heterocycles. The number of furan rings is 1. The van der Waals surface area contributed by atoms with Gasteiger partial charge in [0.25, 0.3) is 0 Å². The molecule has 1 unspecified atom stereocenters. The van der Waals surface area contributed by atoms with Crippen molar-refractivity contribution >= 4 is 0 Å². The monoisotopic (exact) mass is 196 g/mol. The fourth-order valence-electron chi connectivity index (χ4n) is 1.50. The molecular weight excluding hydrogens is 176 g/mol. The Kier molecular flexibility index (Phi) is 3.34. The molecule has 0 spiro atoms. The van der Waals surface area contributed by atoms with Gasteiger partial charge in [-0.05, 0) is 17.5 Å². The first-order valence-corrected chi connectivity index (χ1v) is 5.03. The van der Waals surface area contributed by atoms with Crippen LogP contribution in [-0.4, -0.2) is 0 Å². The van der Waals surface area contributed by atoms with Gasteiger partial charge >= 0.3 is 0 Å². The fraction of sp³-hybridized carbons (Fsp3) is 0.636. The first-order chi connectivity index (χ1) is 6.49. The summed E-state index contributed by atoms with van der Waals surface area (Å²) in [7, 11) is 0. The van der Waals surface area contributed by atoms with Crippen LogP contribution in [0.5, 0.6) is 0 Å². The molecule has 0 radical (unpaired) electrons. The van der Waals surface area contributed by atoms with Crippen molar-refractivity contribution in [2.75, 3.05) is 0 Å². The van der Waals surface area contributed by atoms with Gasteiger partial charge in [0, 0.05) is 6.42 Å². The molecule has 0 bridgehead atoms. The lowest BCUT2D eigenvalue weighted by molar-refractivity contribution is 0.236. The lowest BCUT2D eigenvalue weighted by Crippen LogP contribution is -2.36. The lowest BCUT2D eigenvalue weighted by atomic mass is 9.86. The van der Waals surface area contributed by atoms with Gasteiger partial charge in [-0.1, -0.05) is 27.7 Å². The number of nitrogens with two attached hydrogens (primary N) is 1. The number of hydrazine groups is 1. The molecule has 1 heterocycles. The summed E-state index contributed by atoms with van der Waals surface area (Å²) in [5.41, 5.74) is 2.86. The normalized spacial score (nSPS) is 14.4. The zero-order valence-electron chi connectivity index (χ0n) is 9.42. The zero-order chi connectivity index (χ0) is 10.8. The van der Waals surface area contributed by atoms with Crippen molar-refractivity contribution in [2.45, 2.75) is 40.2 Å². The molecule has 0 aliphatic carbocycles. The van der Waals surface area contributed by atoms with Crippen molar-refractivity contribution in [3.8, 4) is 0 Å². The summed E-state index contributed by atoms with van der Waals surface area (Å²) < 4.78 is 5.67. The van der Waals surface area contributed by atoms with Gasteiger partial charge < -0.3 is 4.42 Å². The Hall–Kier alpha value is -0.800. The van der Waals surface area contributed by atoms with Crippen molar-refractivity contribution < 1.29 is 4.42 Å². The SMILES string of the molecule is CCc1ccc(C(NN)C(C)(C)C)o1. The fourth-order valence-corrected chi connectivity index (χ4v) is 1.50. The number of hydrogen-bond acceptors (Lipinski definition) is 3. The summed E-state index contributed by atoms with van der Waals surface area (Å²) >= 11 is 0. The van der Waals surface area contributed by atoms with Crippen LogP contribution in [-0.2, 0) is 6.42 Å². The van der Waals surface area contributed by atoms with Crippen molar-refractivity contribution in [1.29, 1.82) is 0 Å². The van der Waals surface area contributed by atoms with Crippen molar-refractivity contribution in [1.82, 2.24) is 5.43 Å². The van der Waals surface area contributed by atoms with Gasteiger partial charge in [-0.2, -0.15) is 0 Å². The second-order valence-electron chi connectivity index (χ2n) is 4.62. The summed E-state index contributed by atoms with van der Waals surface area (Å²) in [6, 6.07) is 4.06. The highest BCUT2D eigenvalue weighted by Crippen LogP contribution is 2.32. The van der Waals surface area contributed by atoms with Crippen LogP contribution >= 0.6 is 0 Å². The van der Waals surface area contributed by atoms with E-state index in [1.54, 1.807) is 0 Å². The maximum absolute atomic E-state index is 5.67. The lowest BCUT2D eigenvalue weighted by Gasteiger charge is -2.28. The smallest absolute Gasteiger partial charge is 0.122 e. The summed E-state index contributed by atoms with van der Waals surface area (Å²) in [6.07, 6.45) is 0.918. The van der Waals surface area contributed by atoms with Crippen LogP contribution in [0.2, 0.25) is 0 Å². The van der Waals surface area contributed by atoms with Gasteiger partial charge in [-0.15, -0.1) is 0 Å². The standard InChI is InChI=1S/C11H20N2O/c1-5-8-6-7-9(14-8)10(13-12)11(2,3)4/h6-7,10,13H,5,12H2,1-4H3. The predicted molar refractivity (Wildman–Crippen MR) is 57.6 cm³/mol. The van der Waals surface area contributed by atoms with E-state index in [4.69, 9.17) is 10.3 Å². The molecule has 1 rings (SSSR count). The molecule has 1 atom stereocenters. The number of aryl methyl sites for hydroxylation is 1. The van der Waals surface area contributed by atoms with E-state index < -0.39 is 0 Å². The van der Waals surface area contributed by atoms with Gasteiger partial charge in [0.1, 0.15) is 11.5 Å². The Labute approximate surface area is 85.6 Å². The van der Waals surface area contributed by atoms with Crippen LogP contribution in [0.25, 0.3) is 0 Å². The van der Waals surface area contributed by atoms with E-state index in [-0.39, 0.29) is 11.5 Å². The number of nitrogens with one attached hydrogen (secondary N) is 1. The van der Waals surface area contributed by atoms with Gasteiger partial charge in [-0.3, -0.25) is 5.84 Å². The largest absolute Gasteiger partial charge is 0.464 e. The predicted octanol–water partition coefficient (Wildman–Crippen LogP) is 2.39. The van der Waals surface area contributed by atoms with Crippen LogP contribution in [0.1, 0.15) is 45.3 Å². The molecule has 0 fully saturated rings. The second-order valence-corrected chi connectivity index (χ2v) is 4.62. The third-order valence-electron chi connectivity index (χ3n) is 2.35. The van der Waals surface area contributed by atoms with Crippen molar-refractivity contribution in [3.05, 3.63) is 23.7 Å². The Bertz CT molecular complexity index is 286. The van der Waals surface area contributed by atoms with Gasteiger partial charge in [0.15, 0.2) is 0 Å². The Morgan fingerprint density at radius 2 is 2.07 bits per heavy atom. The topological polar surface area (TPSA) is 51.2 Å². The number of hydrogen-bond donors (Lipinski definition) is 2. The third-order valence-corrected chi connectivity index (χ3v) is 2.35. The van der Waals surface area contributed by atoms with Crippen LogP contribution in [0.3, 0.4) is 0 Å². The van der Waals surface area contributed by atoms with Crippen LogP contribution < -0.4 is 11.3 Å². The van der Waals surface area contributed by atoms with E-state index >= 15 is 0 Å². The van der Waals surface area contributed by atoms with E-state index in [1.807, 2.05) is 12.1 Å². The van der Waals surface area contributed by atoms with E-state index in [9.17, 15) is 0 Å². The zero-order valence-corrected chi connectivity index (χ0v) is 9.42. The first kappa shape index (κ1) is 11.3. The maximum Gasteiger partial charge on any atom is 0.122 e. The molecule has 3 heteroatoms. The first-order valence-electron chi connectivity index (χ1n) is 5.03. The van der Waals surface area contributed by atoms with E-state index in [0.29, 0.717) is 0 Å². The summed E-state index contributed by atoms with van der Waals surface area (Å²) in [5.74, 6) is 7.45. The molecule has 0 saturated heterocycles. The molecule has 0 aliphatic rings. The minimum atomic E-state index is 0.0532.